The van der Waals surface area contributed by atoms with E-state index in [0.717, 1.165) is 11.0 Å². The Morgan fingerprint density at radius 3 is 2.27 bits per heavy atom. The Bertz CT molecular complexity index is 946. The van der Waals surface area contributed by atoms with Gasteiger partial charge in [-0.25, -0.2) is 4.79 Å². The molecule has 26 heavy (non-hydrogen) atoms. The Hall–Kier alpha value is -2.53. The summed E-state index contributed by atoms with van der Waals surface area (Å²) in [4.78, 5) is 12.4. The number of para-hydroxylation sites is 2. The molecule has 5 nitrogen and oxygen atoms in total. The fourth-order valence-corrected chi connectivity index (χ4v) is 3.05. The molecule has 1 N–H and O–H groups in total. The van der Waals surface area contributed by atoms with E-state index in [2.05, 4.69) is 20.8 Å². The molecule has 0 fully saturated rings. The van der Waals surface area contributed by atoms with E-state index in [0.29, 0.717) is 5.75 Å². The van der Waals surface area contributed by atoms with Gasteiger partial charge in [-0.1, -0.05) is 45.0 Å². The number of fused-ring (bicyclic) bond motifs is 1. The Labute approximate surface area is 153 Å². The van der Waals surface area contributed by atoms with Crippen LogP contribution in [0.4, 0.5) is 0 Å². The monoisotopic (exact) mass is 354 g/mol. The maximum atomic E-state index is 12.4. The molecule has 0 saturated carbocycles. The third-order valence-electron chi connectivity index (χ3n) is 4.61. The Morgan fingerprint density at radius 2 is 1.65 bits per heavy atom. The first-order valence-electron chi connectivity index (χ1n) is 8.83. The molecule has 1 heterocycles. The molecule has 0 unspecified atom stereocenters. The third kappa shape index (κ3) is 3.68. The van der Waals surface area contributed by atoms with Gasteiger partial charge in [-0.05, 0) is 35.2 Å². The average Bonchev–Trinajstić information content (AvgIpc) is 2.85. The number of rotatable bonds is 5. The molecular weight excluding hydrogens is 328 g/mol. The zero-order chi connectivity index (χ0) is 18.9. The summed E-state index contributed by atoms with van der Waals surface area (Å²) in [6, 6.07) is 15.5. The van der Waals surface area contributed by atoms with Crippen molar-refractivity contribution < 1.29 is 9.84 Å². The number of aliphatic hydroxyl groups excluding tert-OH is 1. The van der Waals surface area contributed by atoms with Gasteiger partial charge >= 0.3 is 5.69 Å². The van der Waals surface area contributed by atoms with E-state index in [1.807, 2.05) is 48.5 Å². The van der Waals surface area contributed by atoms with Crippen molar-refractivity contribution in [2.24, 2.45) is 7.05 Å². The fourth-order valence-electron chi connectivity index (χ4n) is 3.05. The van der Waals surface area contributed by atoms with Crippen LogP contribution in [-0.4, -0.2) is 27.0 Å². The molecule has 138 valence electrons. The third-order valence-corrected chi connectivity index (χ3v) is 4.61. The number of imidazole rings is 1. The van der Waals surface area contributed by atoms with Crippen molar-refractivity contribution in [1.29, 1.82) is 0 Å². The van der Waals surface area contributed by atoms with Crippen LogP contribution in [0.5, 0.6) is 5.75 Å². The molecule has 0 aliphatic carbocycles. The first-order valence-corrected chi connectivity index (χ1v) is 8.83. The van der Waals surface area contributed by atoms with E-state index < -0.39 is 6.10 Å². The van der Waals surface area contributed by atoms with Crippen molar-refractivity contribution in [3.63, 3.8) is 0 Å². The molecule has 3 rings (SSSR count). The van der Waals surface area contributed by atoms with Crippen molar-refractivity contribution in [3.8, 4) is 5.75 Å². The molecule has 5 heteroatoms. The summed E-state index contributed by atoms with van der Waals surface area (Å²) in [5.74, 6) is 0.710. The largest absolute Gasteiger partial charge is 0.491 e. The van der Waals surface area contributed by atoms with E-state index >= 15 is 0 Å². The summed E-state index contributed by atoms with van der Waals surface area (Å²) in [7, 11) is 1.74. The lowest BCUT2D eigenvalue weighted by molar-refractivity contribution is 0.0925. The number of aromatic nitrogens is 2. The molecule has 0 spiro atoms. The summed E-state index contributed by atoms with van der Waals surface area (Å²) >= 11 is 0. The Kier molecular flexibility index (Phi) is 4.92. The van der Waals surface area contributed by atoms with E-state index in [1.165, 1.54) is 5.56 Å². The van der Waals surface area contributed by atoms with Gasteiger partial charge in [-0.15, -0.1) is 0 Å². The number of nitrogens with zero attached hydrogens (tertiary/aromatic N) is 2. The van der Waals surface area contributed by atoms with Gasteiger partial charge in [-0.3, -0.25) is 9.13 Å². The highest BCUT2D eigenvalue weighted by Crippen LogP contribution is 2.24. The van der Waals surface area contributed by atoms with Gasteiger partial charge in [0.1, 0.15) is 18.5 Å². The smallest absolute Gasteiger partial charge is 0.328 e. The number of aryl methyl sites for hydroxylation is 1. The van der Waals surface area contributed by atoms with Crippen LogP contribution >= 0.6 is 0 Å². The molecule has 0 aliphatic heterocycles. The van der Waals surface area contributed by atoms with Crippen LogP contribution in [0.3, 0.4) is 0 Å². The number of hydrogen-bond acceptors (Lipinski definition) is 3. The van der Waals surface area contributed by atoms with E-state index in [9.17, 15) is 9.90 Å². The van der Waals surface area contributed by atoms with Crippen molar-refractivity contribution in [2.45, 2.75) is 38.8 Å². The first-order chi connectivity index (χ1) is 12.3. The van der Waals surface area contributed by atoms with Crippen molar-refractivity contribution in [2.75, 3.05) is 6.61 Å². The highest BCUT2D eigenvalue weighted by Gasteiger charge is 2.15. The maximum Gasteiger partial charge on any atom is 0.328 e. The molecule has 1 atom stereocenters. The molecule has 0 radical (unpaired) electrons. The SMILES string of the molecule is Cn1c(=O)n(C[C@@H](O)COc2ccc(C(C)(C)C)cc2)c2ccccc21. The second-order valence-electron chi connectivity index (χ2n) is 7.68. The lowest BCUT2D eigenvalue weighted by Gasteiger charge is -2.19. The van der Waals surface area contributed by atoms with E-state index in [4.69, 9.17) is 4.74 Å². The molecule has 0 amide bonds. The molecule has 2 aromatic carbocycles. The summed E-state index contributed by atoms with van der Waals surface area (Å²) in [6.45, 7) is 6.81. The predicted octanol–water partition coefficient (Wildman–Crippen LogP) is 3.08. The van der Waals surface area contributed by atoms with Gasteiger partial charge in [-0.2, -0.15) is 0 Å². The zero-order valence-electron chi connectivity index (χ0n) is 15.8. The van der Waals surface area contributed by atoms with Gasteiger partial charge in [0.25, 0.3) is 0 Å². The predicted molar refractivity (Wildman–Crippen MR) is 104 cm³/mol. The van der Waals surface area contributed by atoms with Gasteiger partial charge < -0.3 is 9.84 Å². The van der Waals surface area contributed by atoms with Crippen LogP contribution in [0.2, 0.25) is 0 Å². The van der Waals surface area contributed by atoms with Crippen molar-refractivity contribution in [3.05, 3.63) is 64.6 Å². The van der Waals surface area contributed by atoms with Crippen LogP contribution < -0.4 is 10.4 Å². The zero-order valence-corrected chi connectivity index (χ0v) is 15.8. The van der Waals surface area contributed by atoms with Crippen molar-refractivity contribution in [1.82, 2.24) is 9.13 Å². The first kappa shape index (κ1) is 18.3. The lowest BCUT2D eigenvalue weighted by atomic mass is 9.87. The summed E-state index contributed by atoms with van der Waals surface area (Å²) < 4.78 is 8.87. The molecule has 0 saturated heterocycles. The number of aliphatic hydroxyl groups is 1. The summed E-state index contributed by atoms with van der Waals surface area (Å²) in [5, 5.41) is 10.3. The fraction of sp³-hybridized carbons (Fsp3) is 0.381. The second kappa shape index (κ2) is 7.00. The number of hydrogen-bond donors (Lipinski definition) is 1. The van der Waals surface area contributed by atoms with Crippen LogP contribution in [0.25, 0.3) is 11.0 Å². The molecular formula is C21H26N2O3. The van der Waals surface area contributed by atoms with Crippen LogP contribution in [-0.2, 0) is 19.0 Å². The molecule has 0 aliphatic rings. The summed E-state index contributed by atoms with van der Waals surface area (Å²) in [5.41, 5.74) is 2.84. The summed E-state index contributed by atoms with van der Waals surface area (Å²) in [6.07, 6.45) is -0.777. The minimum absolute atomic E-state index is 0.0908. The highest BCUT2D eigenvalue weighted by molar-refractivity contribution is 5.75. The van der Waals surface area contributed by atoms with E-state index in [1.54, 1.807) is 16.2 Å². The minimum atomic E-state index is -0.777. The van der Waals surface area contributed by atoms with Gasteiger partial charge in [0.05, 0.1) is 17.6 Å². The van der Waals surface area contributed by atoms with Crippen LogP contribution in [0, 0.1) is 0 Å². The Balaban J connectivity index is 1.68. The maximum absolute atomic E-state index is 12.4. The lowest BCUT2D eigenvalue weighted by Crippen LogP contribution is -2.30. The molecule has 3 aromatic rings. The Morgan fingerprint density at radius 1 is 1.04 bits per heavy atom. The van der Waals surface area contributed by atoms with E-state index in [-0.39, 0.29) is 24.3 Å². The van der Waals surface area contributed by atoms with Gasteiger partial charge in [0, 0.05) is 7.05 Å². The average molecular weight is 354 g/mol. The molecule has 1 aromatic heterocycles. The van der Waals surface area contributed by atoms with Gasteiger partial charge in [0.2, 0.25) is 0 Å². The second-order valence-corrected chi connectivity index (χ2v) is 7.68. The quantitative estimate of drug-likeness (QED) is 0.766. The number of ether oxygens (including phenoxy) is 1. The van der Waals surface area contributed by atoms with Crippen molar-refractivity contribution >= 4 is 11.0 Å². The molecule has 0 bridgehead atoms. The standard InChI is InChI=1S/C21H26N2O3/c1-21(2,3)15-9-11-17(12-10-15)26-14-16(24)13-23-19-8-6-5-7-18(19)22(4)20(23)25/h5-12,16,24H,13-14H2,1-4H3/t16-/m1/s1. The minimum Gasteiger partial charge on any atom is -0.491 e. The highest BCUT2D eigenvalue weighted by atomic mass is 16.5. The van der Waals surface area contributed by atoms with Crippen LogP contribution in [0.15, 0.2) is 53.3 Å². The number of benzene rings is 2. The normalized spacial score (nSPS) is 13.1. The van der Waals surface area contributed by atoms with Gasteiger partial charge in [0.15, 0.2) is 0 Å². The topological polar surface area (TPSA) is 56.4 Å². The van der Waals surface area contributed by atoms with Crippen LogP contribution in [0.1, 0.15) is 26.3 Å².